The van der Waals surface area contributed by atoms with Crippen LogP contribution >= 0.6 is 12.4 Å². The second-order valence-corrected chi connectivity index (χ2v) is 3.30. The van der Waals surface area contributed by atoms with Gasteiger partial charge in [-0.3, -0.25) is 19.7 Å². The summed E-state index contributed by atoms with van der Waals surface area (Å²) in [6, 6.07) is -1.29. The summed E-state index contributed by atoms with van der Waals surface area (Å²) in [5.41, 5.74) is 5.32. The predicted molar refractivity (Wildman–Crippen MR) is 55.2 cm³/mol. The van der Waals surface area contributed by atoms with Gasteiger partial charge in [-0.05, 0) is 13.3 Å². The number of nitrogens with two attached hydrogens (primary N) is 1. The van der Waals surface area contributed by atoms with Gasteiger partial charge >= 0.3 is 0 Å². The van der Waals surface area contributed by atoms with Gasteiger partial charge in [0.1, 0.15) is 6.04 Å². The van der Waals surface area contributed by atoms with Crippen LogP contribution in [-0.4, -0.2) is 29.8 Å². The summed E-state index contributed by atoms with van der Waals surface area (Å²) in [6.45, 7) is 1.53. The van der Waals surface area contributed by atoms with Crippen molar-refractivity contribution in [1.82, 2.24) is 10.6 Å². The van der Waals surface area contributed by atoms with E-state index in [-0.39, 0.29) is 30.6 Å². The van der Waals surface area contributed by atoms with Crippen LogP contribution < -0.4 is 16.4 Å². The minimum atomic E-state index is -0.652. The lowest BCUT2D eigenvalue weighted by Crippen LogP contribution is -2.54. The zero-order valence-electron chi connectivity index (χ0n) is 8.28. The Bertz CT molecular complexity index is 280. The summed E-state index contributed by atoms with van der Waals surface area (Å²) in [5.74, 6) is -1.16. The van der Waals surface area contributed by atoms with Gasteiger partial charge in [-0.2, -0.15) is 0 Å². The molecule has 0 spiro atoms. The van der Waals surface area contributed by atoms with Crippen LogP contribution in [0.5, 0.6) is 0 Å². The van der Waals surface area contributed by atoms with Crippen molar-refractivity contribution in [3.63, 3.8) is 0 Å². The number of imide groups is 1. The van der Waals surface area contributed by atoms with Crippen LogP contribution in [-0.2, 0) is 14.4 Å². The topological polar surface area (TPSA) is 101 Å². The number of carbonyl (C=O) groups excluding carboxylic acids is 3. The summed E-state index contributed by atoms with van der Waals surface area (Å²) < 4.78 is 0. The summed E-state index contributed by atoms with van der Waals surface area (Å²) in [6.07, 6.45) is 0.582. The molecule has 0 radical (unpaired) electrons. The first-order chi connectivity index (χ1) is 6.50. The van der Waals surface area contributed by atoms with Crippen molar-refractivity contribution in [2.45, 2.75) is 31.8 Å². The van der Waals surface area contributed by atoms with Gasteiger partial charge in [0, 0.05) is 6.42 Å². The van der Waals surface area contributed by atoms with E-state index in [1.807, 2.05) is 0 Å². The third-order valence-corrected chi connectivity index (χ3v) is 1.97. The van der Waals surface area contributed by atoms with Crippen molar-refractivity contribution in [2.75, 3.05) is 0 Å². The van der Waals surface area contributed by atoms with Gasteiger partial charge in [0.25, 0.3) is 0 Å². The second-order valence-electron chi connectivity index (χ2n) is 3.30. The first-order valence-electron chi connectivity index (χ1n) is 4.40. The molecule has 1 rings (SSSR count). The summed E-state index contributed by atoms with van der Waals surface area (Å²) in [4.78, 5) is 33.1. The molecule has 1 unspecified atom stereocenters. The van der Waals surface area contributed by atoms with Gasteiger partial charge in [-0.15, -0.1) is 12.4 Å². The highest BCUT2D eigenvalue weighted by atomic mass is 35.5. The zero-order valence-corrected chi connectivity index (χ0v) is 9.10. The van der Waals surface area contributed by atoms with E-state index in [0.29, 0.717) is 6.42 Å². The smallest absolute Gasteiger partial charge is 0.249 e. The molecule has 86 valence electrons. The van der Waals surface area contributed by atoms with E-state index in [1.54, 1.807) is 0 Å². The predicted octanol–water partition coefficient (Wildman–Crippen LogP) is -1.32. The Morgan fingerprint density at radius 2 is 2.20 bits per heavy atom. The molecule has 1 fully saturated rings. The van der Waals surface area contributed by atoms with Gasteiger partial charge in [-0.25, -0.2) is 0 Å². The Kier molecular flexibility index (Phi) is 5.24. The van der Waals surface area contributed by atoms with Crippen LogP contribution in [0.4, 0.5) is 0 Å². The molecule has 1 saturated heterocycles. The number of nitrogens with one attached hydrogen (secondary N) is 2. The van der Waals surface area contributed by atoms with Crippen LogP contribution in [0, 0.1) is 0 Å². The number of hydrogen-bond donors (Lipinski definition) is 3. The number of rotatable bonds is 2. The van der Waals surface area contributed by atoms with Crippen LogP contribution in [0.25, 0.3) is 0 Å². The van der Waals surface area contributed by atoms with E-state index >= 15 is 0 Å². The number of amides is 3. The fourth-order valence-corrected chi connectivity index (χ4v) is 1.13. The van der Waals surface area contributed by atoms with Crippen molar-refractivity contribution in [2.24, 2.45) is 5.73 Å². The van der Waals surface area contributed by atoms with Crippen LogP contribution in [0.1, 0.15) is 19.8 Å². The fraction of sp³-hybridized carbons (Fsp3) is 0.625. The molecule has 1 aliphatic rings. The Balaban J connectivity index is 0.00000196. The Morgan fingerprint density at radius 3 is 2.67 bits per heavy atom. The van der Waals surface area contributed by atoms with E-state index in [9.17, 15) is 14.4 Å². The van der Waals surface area contributed by atoms with E-state index in [2.05, 4.69) is 10.6 Å². The Labute approximate surface area is 93.4 Å². The maximum absolute atomic E-state index is 11.2. The largest absolute Gasteiger partial charge is 0.343 e. The molecule has 0 saturated carbocycles. The first-order valence-corrected chi connectivity index (χ1v) is 4.40. The molecule has 1 aliphatic heterocycles. The minimum absolute atomic E-state index is 0. The summed E-state index contributed by atoms with van der Waals surface area (Å²) >= 11 is 0. The maximum atomic E-state index is 11.2. The molecule has 0 aromatic heterocycles. The lowest BCUT2D eigenvalue weighted by molar-refractivity contribution is -0.137. The molecule has 15 heavy (non-hydrogen) atoms. The number of hydrogen-bond acceptors (Lipinski definition) is 4. The van der Waals surface area contributed by atoms with E-state index in [4.69, 9.17) is 5.73 Å². The quantitative estimate of drug-likeness (QED) is 0.517. The van der Waals surface area contributed by atoms with Crippen molar-refractivity contribution >= 4 is 30.1 Å². The Hall–Kier alpha value is -1.14. The molecule has 2 atom stereocenters. The van der Waals surface area contributed by atoms with Crippen molar-refractivity contribution < 1.29 is 14.4 Å². The number of piperidine rings is 1. The molecule has 4 N–H and O–H groups in total. The van der Waals surface area contributed by atoms with E-state index < -0.39 is 18.0 Å². The van der Waals surface area contributed by atoms with Crippen LogP contribution in [0.15, 0.2) is 0 Å². The molecule has 0 aliphatic carbocycles. The average molecular weight is 236 g/mol. The molecule has 0 aromatic rings. The van der Waals surface area contributed by atoms with Gasteiger partial charge in [0.15, 0.2) is 0 Å². The standard InChI is InChI=1S/C8H13N3O3.ClH/c1-4(9)7(13)10-5-2-3-6(12)11-8(5)14;/h4-5H,2-3,9H2,1H3,(H,10,13)(H,11,12,14);1H/t4-,5?;/m0./s1. The number of carbonyl (C=O) groups is 3. The van der Waals surface area contributed by atoms with Crippen LogP contribution in [0.2, 0.25) is 0 Å². The minimum Gasteiger partial charge on any atom is -0.343 e. The summed E-state index contributed by atoms with van der Waals surface area (Å²) in [7, 11) is 0. The lowest BCUT2D eigenvalue weighted by Gasteiger charge is -2.22. The highest BCUT2D eigenvalue weighted by molar-refractivity contribution is 6.01. The molecular formula is C8H14ClN3O3. The average Bonchev–Trinajstić information content (AvgIpc) is 2.09. The maximum Gasteiger partial charge on any atom is 0.249 e. The number of halogens is 1. The highest BCUT2D eigenvalue weighted by Crippen LogP contribution is 2.03. The van der Waals surface area contributed by atoms with E-state index in [0.717, 1.165) is 0 Å². The van der Waals surface area contributed by atoms with E-state index in [1.165, 1.54) is 6.92 Å². The monoisotopic (exact) mass is 235 g/mol. The van der Waals surface area contributed by atoms with Gasteiger partial charge < -0.3 is 11.1 Å². The second kappa shape index (κ2) is 5.67. The SMILES string of the molecule is C[C@H](N)C(=O)NC1CCC(=O)NC1=O.Cl. The normalized spacial score (nSPS) is 22.4. The van der Waals surface area contributed by atoms with Crippen molar-refractivity contribution in [1.29, 1.82) is 0 Å². The molecule has 6 nitrogen and oxygen atoms in total. The Morgan fingerprint density at radius 1 is 1.60 bits per heavy atom. The lowest BCUT2D eigenvalue weighted by atomic mass is 10.1. The third kappa shape index (κ3) is 3.85. The molecule has 3 amide bonds. The zero-order chi connectivity index (χ0) is 10.7. The fourth-order valence-electron chi connectivity index (χ4n) is 1.13. The first kappa shape index (κ1) is 13.9. The highest BCUT2D eigenvalue weighted by Gasteiger charge is 2.28. The molecular weight excluding hydrogens is 222 g/mol. The van der Waals surface area contributed by atoms with Crippen LogP contribution in [0.3, 0.4) is 0 Å². The molecule has 0 aromatic carbocycles. The van der Waals surface area contributed by atoms with Gasteiger partial charge in [0.2, 0.25) is 17.7 Å². The summed E-state index contributed by atoms with van der Waals surface area (Å²) in [5, 5.41) is 4.60. The van der Waals surface area contributed by atoms with Gasteiger partial charge in [-0.1, -0.05) is 0 Å². The molecule has 1 heterocycles. The van der Waals surface area contributed by atoms with Crippen molar-refractivity contribution in [3.05, 3.63) is 0 Å². The molecule has 0 bridgehead atoms. The molecule has 7 heteroatoms. The van der Waals surface area contributed by atoms with Gasteiger partial charge in [0.05, 0.1) is 6.04 Å². The third-order valence-electron chi connectivity index (χ3n) is 1.97. The van der Waals surface area contributed by atoms with Crippen molar-refractivity contribution in [3.8, 4) is 0 Å².